The Balaban J connectivity index is 1.93. The molecule has 0 aliphatic heterocycles. The largest absolute Gasteiger partial charge is 0.491 e. The third-order valence-electron chi connectivity index (χ3n) is 3.93. The summed E-state index contributed by atoms with van der Waals surface area (Å²) in [6.07, 6.45) is 0. The fraction of sp³-hybridized carbons (Fsp3) is 0.143. The van der Waals surface area contributed by atoms with Gasteiger partial charge in [-0.25, -0.2) is 4.39 Å². The minimum atomic E-state index is -0.947. The number of rotatable bonds is 4. The third kappa shape index (κ3) is 3.16. The summed E-state index contributed by atoms with van der Waals surface area (Å²) in [5.41, 5.74) is 4.18. The van der Waals surface area contributed by atoms with Crippen molar-refractivity contribution in [2.75, 3.05) is 6.61 Å². The average molecular weight is 324 g/mol. The van der Waals surface area contributed by atoms with Crippen LogP contribution in [0.3, 0.4) is 0 Å². The number of aryl methyl sites for hydroxylation is 1. The molecule has 0 heterocycles. The SMILES string of the molecule is CCOc1ccc(-c2ccc(-c3ccc(C)cc3)cc2)c(F)c1F. The van der Waals surface area contributed by atoms with Gasteiger partial charge in [-0.15, -0.1) is 0 Å². The van der Waals surface area contributed by atoms with Gasteiger partial charge < -0.3 is 4.74 Å². The maximum absolute atomic E-state index is 14.3. The van der Waals surface area contributed by atoms with E-state index in [9.17, 15) is 8.78 Å². The molecule has 0 saturated heterocycles. The summed E-state index contributed by atoms with van der Waals surface area (Å²) < 4.78 is 33.4. The highest BCUT2D eigenvalue weighted by Gasteiger charge is 2.15. The fourth-order valence-electron chi connectivity index (χ4n) is 2.61. The minimum Gasteiger partial charge on any atom is -0.491 e. The molecule has 0 radical (unpaired) electrons. The molecule has 0 fully saturated rings. The topological polar surface area (TPSA) is 9.23 Å². The summed E-state index contributed by atoms with van der Waals surface area (Å²) in [4.78, 5) is 0. The summed E-state index contributed by atoms with van der Waals surface area (Å²) in [5, 5.41) is 0. The van der Waals surface area contributed by atoms with Crippen molar-refractivity contribution < 1.29 is 13.5 Å². The Morgan fingerprint density at radius 2 is 1.25 bits per heavy atom. The Morgan fingerprint density at radius 3 is 1.83 bits per heavy atom. The van der Waals surface area contributed by atoms with E-state index < -0.39 is 11.6 Å². The molecule has 0 amide bonds. The first-order chi connectivity index (χ1) is 11.6. The molecule has 0 N–H and O–H groups in total. The molecule has 3 rings (SSSR count). The lowest BCUT2D eigenvalue weighted by atomic mass is 9.99. The zero-order valence-electron chi connectivity index (χ0n) is 13.6. The first-order valence-corrected chi connectivity index (χ1v) is 7.88. The molecule has 3 aromatic carbocycles. The monoisotopic (exact) mass is 324 g/mol. The Labute approximate surface area is 140 Å². The standard InChI is InChI=1S/C21H18F2O/c1-3-24-19-13-12-18(20(22)21(19)23)17-10-8-16(9-11-17)15-6-4-14(2)5-7-15/h4-13H,3H2,1-2H3. The molecule has 0 aliphatic carbocycles. The summed E-state index contributed by atoms with van der Waals surface area (Å²) in [5.74, 6) is -1.89. The van der Waals surface area contributed by atoms with Crippen molar-refractivity contribution in [3.05, 3.63) is 77.9 Å². The molecule has 0 bridgehead atoms. The van der Waals surface area contributed by atoms with E-state index in [2.05, 4.69) is 0 Å². The smallest absolute Gasteiger partial charge is 0.201 e. The van der Waals surface area contributed by atoms with Gasteiger partial charge in [0.05, 0.1) is 6.61 Å². The summed E-state index contributed by atoms with van der Waals surface area (Å²) in [7, 11) is 0. The van der Waals surface area contributed by atoms with Crippen molar-refractivity contribution in [1.82, 2.24) is 0 Å². The first kappa shape index (κ1) is 16.2. The van der Waals surface area contributed by atoms with Crippen LogP contribution in [0.2, 0.25) is 0 Å². The average Bonchev–Trinajstić information content (AvgIpc) is 2.60. The van der Waals surface area contributed by atoms with Gasteiger partial charge >= 0.3 is 0 Å². The minimum absolute atomic E-state index is 0.0602. The van der Waals surface area contributed by atoms with Crippen LogP contribution in [0.15, 0.2) is 60.7 Å². The lowest BCUT2D eigenvalue weighted by Crippen LogP contribution is -1.98. The summed E-state index contributed by atoms with van der Waals surface area (Å²) in [6, 6.07) is 18.6. The van der Waals surface area contributed by atoms with Crippen LogP contribution >= 0.6 is 0 Å². The second-order valence-corrected chi connectivity index (χ2v) is 5.62. The number of benzene rings is 3. The molecule has 1 nitrogen and oxygen atoms in total. The van der Waals surface area contributed by atoms with Crippen LogP contribution in [0, 0.1) is 18.6 Å². The summed E-state index contributed by atoms with van der Waals surface area (Å²) >= 11 is 0. The molecule has 0 spiro atoms. The Bertz CT molecular complexity index is 837. The van der Waals surface area contributed by atoms with Crippen molar-refractivity contribution in [3.8, 4) is 28.0 Å². The molecule has 0 unspecified atom stereocenters. The quantitative estimate of drug-likeness (QED) is 0.571. The Hall–Kier alpha value is -2.68. The van der Waals surface area contributed by atoms with Gasteiger partial charge in [-0.2, -0.15) is 4.39 Å². The molecule has 0 aromatic heterocycles. The summed E-state index contributed by atoms with van der Waals surface area (Å²) in [6.45, 7) is 4.06. The van der Waals surface area contributed by atoms with E-state index in [1.807, 2.05) is 43.3 Å². The highest BCUT2D eigenvalue weighted by molar-refractivity contribution is 5.71. The lowest BCUT2D eigenvalue weighted by Gasteiger charge is -2.10. The van der Waals surface area contributed by atoms with Crippen LogP contribution in [0.1, 0.15) is 12.5 Å². The molecule has 0 aliphatic rings. The van der Waals surface area contributed by atoms with Crippen LogP contribution in [-0.4, -0.2) is 6.61 Å². The maximum Gasteiger partial charge on any atom is 0.201 e. The number of hydrogen-bond acceptors (Lipinski definition) is 1. The molecule has 0 atom stereocenters. The number of ether oxygens (including phenoxy) is 1. The highest BCUT2D eigenvalue weighted by Crippen LogP contribution is 2.31. The predicted molar refractivity (Wildman–Crippen MR) is 93.1 cm³/mol. The van der Waals surface area contributed by atoms with Gasteiger partial charge in [-0.3, -0.25) is 0 Å². The van der Waals surface area contributed by atoms with E-state index in [1.54, 1.807) is 25.1 Å². The van der Waals surface area contributed by atoms with E-state index >= 15 is 0 Å². The second kappa shape index (κ2) is 6.83. The molecule has 0 saturated carbocycles. The Kier molecular flexibility index (Phi) is 4.61. The molecule has 122 valence electrons. The molecular formula is C21H18F2O. The van der Waals surface area contributed by atoms with Crippen LogP contribution in [-0.2, 0) is 0 Å². The van der Waals surface area contributed by atoms with E-state index in [0.29, 0.717) is 12.2 Å². The molecule has 3 heteroatoms. The van der Waals surface area contributed by atoms with Crippen molar-refractivity contribution in [1.29, 1.82) is 0 Å². The van der Waals surface area contributed by atoms with Gasteiger partial charge in [-0.05, 0) is 42.7 Å². The van der Waals surface area contributed by atoms with Gasteiger partial charge in [0.25, 0.3) is 0 Å². The molecule has 24 heavy (non-hydrogen) atoms. The zero-order chi connectivity index (χ0) is 17.1. The van der Waals surface area contributed by atoms with Gasteiger partial charge in [0.2, 0.25) is 5.82 Å². The van der Waals surface area contributed by atoms with Crippen molar-refractivity contribution in [2.45, 2.75) is 13.8 Å². The van der Waals surface area contributed by atoms with Gasteiger partial charge in [0.15, 0.2) is 11.6 Å². The van der Waals surface area contributed by atoms with Crippen LogP contribution in [0.4, 0.5) is 8.78 Å². The zero-order valence-corrected chi connectivity index (χ0v) is 13.6. The predicted octanol–water partition coefficient (Wildman–Crippen LogP) is 6.01. The van der Waals surface area contributed by atoms with E-state index in [1.165, 1.54) is 11.6 Å². The first-order valence-electron chi connectivity index (χ1n) is 7.88. The normalized spacial score (nSPS) is 10.7. The molecular weight excluding hydrogens is 306 g/mol. The molecule has 3 aromatic rings. The van der Waals surface area contributed by atoms with Crippen LogP contribution in [0.5, 0.6) is 5.75 Å². The van der Waals surface area contributed by atoms with E-state index in [4.69, 9.17) is 4.74 Å². The van der Waals surface area contributed by atoms with Crippen molar-refractivity contribution in [2.24, 2.45) is 0 Å². The third-order valence-corrected chi connectivity index (χ3v) is 3.93. The van der Waals surface area contributed by atoms with Crippen LogP contribution < -0.4 is 4.74 Å². The van der Waals surface area contributed by atoms with Crippen LogP contribution in [0.25, 0.3) is 22.3 Å². The lowest BCUT2D eigenvalue weighted by molar-refractivity contribution is 0.314. The van der Waals surface area contributed by atoms with Crippen molar-refractivity contribution in [3.63, 3.8) is 0 Å². The van der Waals surface area contributed by atoms with E-state index in [-0.39, 0.29) is 11.3 Å². The fourth-order valence-corrected chi connectivity index (χ4v) is 2.61. The van der Waals surface area contributed by atoms with E-state index in [0.717, 1.165) is 11.1 Å². The second-order valence-electron chi connectivity index (χ2n) is 5.62. The van der Waals surface area contributed by atoms with Gasteiger partial charge in [0, 0.05) is 5.56 Å². The highest BCUT2D eigenvalue weighted by atomic mass is 19.2. The maximum atomic E-state index is 14.3. The Morgan fingerprint density at radius 1 is 0.708 bits per heavy atom. The number of hydrogen-bond donors (Lipinski definition) is 0. The van der Waals surface area contributed by atoms with Gasteiger partial charge in [0.1, 0.15) is 0 Å². The van der Waals surface area contributed by atoms with Gasteiger partial charge in [-0.1, -0.05) is 54.1 Å². The number of halogens is 2. The van der Waals surface area contributed by atoms with Crippen molar-refractivity contribution >= 4 is 0 Å².